The summed E-state index contributed by atoms with van der Waals surface area (Å²) in [7, 11) is 0. The molecule has 0 aliphatic carbocycles. The summed E-state index contributed by atoms with van der Waals surface area (Å²) in [6.07, 6.45) is 2.91. The number of rotatable bonds is 3. The maximum atomic E-state index is 12.5. The van der Waals surface area contributed by atoms with Crippen LogP contribution in [-0.4, -0.2) is 34.1 Å². The van der Waals surface area contributed by atoms with E-state index >= 15 is 0 Å². The molecule has 1 fully saturated rings. The minimum absolute atomic E-state index is 0.153. The minimum atomic E-state index is -0.153. The first kappa shape index (κ1) is 15.6. The number of nitrogens with zero attached hydrogens (tertiary/aromatic N) is 2. The van der Waals surface area contributed by atoms with Gasteiger partial charge >= 0.3 is 0 Å². The van der Waals surface area contributed by atoms with Crippen LogP contribution < -0.4 is 0 Å². The molecule has 5 heteroatoms. The van der Waals surface area contributed by atoms with E-state index in [0.29, 0.717) is 16.9 Å². The molecule has 0 spiro atoms. The Kier molecular flexibility index (Phi) is 5.33. The molecule has 0 N–H and O–H groups in total. The summed E-state index contributed by atoms with van der Waals surface area (Å²) in [6, 6.07) is 3.60. The molecule has 3 unspecified atom stereocenters. The van der Waals surface area contributed by atoms with Crippen LogP contribution in [0.1, 0.15) is 27.2 Å². The van der Waals surface area contributed by atoms with Crippen LogP contribution in [0.5, 0.6) is 0 Å². The fraction of sp³-hybridized carbons (Fsp3) is 0.600. The lowest BCUT2D eigenvalue weighted by molar-refractivity contribution is -0.132. The standard InChI is InChI=1S/C15H21ClN2OS/c1-10-7-11(2)9-18(8-10)15(19)12(3)20-14-13(16)5-4-6-17-14/h4-6,10-12H,7-9H2,1-3H3. The molecule has 20 heavy (non-hydrogen) atoms. The Morgan fingerprint density at radius 2 is 2.10 bits per heavy atom. The largest absolute Gasteiger partial charge is 0.341 e. The summed E-state index contributed by atoms with van der Waals surface area (Å²) in [5.74, 6) is 1.35. The molecule has 1 aromatic rings. The van der Waals surface area contributed by atoms with Gasteiger partial charge in [-0.1, -0.05) is 37.2 Å². The Morgan fingerprint density at radius 3 is 2.70 bits per heavy atom. The molecule has 1 aliphatic rings. The number of amides is 1. The average molecular weight is 313 g/mol. The normalized spacial score (nSPS) is 24.5. The van der Waals surface area contributed by atoms with Crippen LogP contribution in [0.2, 0.25) is 5.02 Å². The van der Waals surface area contributed by atoms with Gasteiger partial charge in [0.25, 0.3) is 0 Å². The highest BCUT2D eigenvalue weighted by Crippen LogP contribution is 2.30. The summed E-state index contributed by atoms with van der Waals surface area (Å²) in [5.41, 5.74) is 0. The molecular formula is C15H21ClN2OS. The third-order valence-electron chi connectivity index (χ3n) is 3.54. The van der Waals surface area contributed by atoms with Gasteiger partial charge in [0.05, 0.1) is 10.3 Å². The second-order valence-corrected chi connectivity index (χ2v) is 7.48. The molecule has 1 saturated heterocycles. The van der Waals surface area contributed by atoms with E-state index in [9.17, 15) is 4.79 Å². The van der Waals surface area contributed by atoms with E-state index < -0.39 is 0 Å². The zero-order chi connectivity index (χ0) is 14.7. The predicted molar refractivity (Wildman–Crippen MR) is 84.1 cm³/mol. The lowest BCUT2D eigenvalue weighted by Gasteiger charge is -2.36. The molecule has 2 rings (SSSR count). The number of thioether (sulfide) groups is 1. The lowest BCUT2D eigenvalue weighted by Crippen LogP contribution is -2.45. The van der Waals surface area contributed by atoms with Crippen molar-refractivity contribution in [2.24, 2.45) is 11.8 Å². The van der Waals surface area contributed by atoms with Crippen LogP contribution in [0, 0.1) is 11.8 Å². The van der Waals surface area contributed by atoms with Crippen LogP contribution in [0.25, 0.3) is 0 Å². The number of likely N-dealkylation sites (tertiary alicyclic amines) is 1. The number of halogens is 1. The van der Waals surface area contributed by atoms with E-state index in [-0.39, 0.29) is 11.2 Å². The van der Waals surface area contributed by atoms with Gasteiger partial charge < -0.3 is 4.90 Å². The van der Waals surface area contributed by atoms with Crippen molar-refractivity contribution in [3.63, 3.8) is 0 Å². The van der Waals surface area contributed by atoms with Gasteiger partial charge in [-0.05, 0) is 37.3 Å². The number of carbonyl (C=O) groups excluding carboxylic acids is 1. The minimum Gasteiger partial charge on any atom is -0.341 e. The fourth-order valence-electron chi connectivity index (χ4n) is 2.78. The molecular weight excluding hydrogens is 292 g/mol. The molecule has 0 radical (unpaired) electrons. The van der Waals surface area contributed by atoms with Gasteiger partial charge in [-0.2, -0.15) is 0 Å². The Balaban J connectivity index is 2.00. The Morgan fingerprint density at radius 1 is 1.45 bits per heavy atom. The highest BCUT2D eigenvalue weighted by molar-refractivity contribution is 8.00. The number of piperidine rings is 1. The van der Waals surface area contributed by atoms with Crippen LogP contribution in [-0.2, 0) is 4.79 Å². The number of aromatic nitrogens is 1. The monoisotopic (exact) mass is 312 g/mol. The van der Waals surface area contributed by atoms with Gasteiger partial charge in [-0.25, -0.2) is 4.98 Å². The molecule has 3 nitrogen and oxygen atoms in total. The second kappa shape index (κ2) is 6.81. The highest BCUT2D eigenvalue weighted by atomic mass is 35.5. The Bertz CT molecular complexity index is 473. The third kappa shape index (κ3) is 3.89. The molecule has 1 amide bonds. The van der Waals surface area contributed by atoms with Gasteiger partial charge in [-0.15, -0.1) is 0 Å². The van der Waals surface area contributed by atoms with Crippen molar-refractivity contribution < 1.29 is 4.79 Å². The van der Waals surface area contributed by atoms with Gasteiger partial charge in [0.1, 0.15) is 5.03 Å². The maximum Gasteiger partial charge on any atom is 0.235 e. The predicted octanol–water partition coefficient (Wildman–Crippen LogP) is 3.72. The van der Waals surface area contributed by atoms with Crippen molar-refractivity contribution in [3.05, 3.63) is 23.4 Å². The van der Waals surface area contributed by atoms with E-state index in [0.717, 1.165) is 18.1 Å². The fourth-order valence-corrected chi connectivity index (χ4v) is 3.92. The molecule has 1 aliphatic heterocycles. The van der Waals surface area contributed by atoms with Gasteiger partial charge in [-0.3, -0.25) is 4.79 Å². The van der Waals surface area contributed by atoms with Crippen molar-refractivity contribution in [2.75, 3.05) is 13.1 Å². The van der Waals surface area contributed by atoms with Gasteiger partial charge in [0.15, 0.2) is 0 Å². The Hall–Kier alpha value is -0.740. The number of hydrogen-bond acceptors (Lipinski definition) is 3. The zero-order valence-corrected chi connectivity index (χ0v) is 13.7. The van der Waals surface area contributed by atoms with Crippen LogP contribution in [0.15, 0.2) is 23.4 Å². The summed E-state index contributed by atoms with van der Waals surface area (Å²) in [5, 5.41) is 1.19. The van der Waals surface area contributed by atoms with Gasteiger partial charge in [0.2, 0.25) is 5.91 Å². The third-order valence-corrected chi connectivity index (χ3v) is 5.06. The first-order chi connectivity index (χ1) is 9.47. The molecule has 110 valence electrons. The molecule has 0 aromatic carbocycles. The number of hydrogen-bond donors (Lipinski definition) is 0. The molecule has 0 bridgehead atoms. The highest BCUT2D eigenvalue weighted by Gasteiger charge is 2.29. The first-order valence-electron chi connectivity index (χ1n) is 7.03. The summed E-state index contributed by atoms with van der Waals surface area (Å²) in [6.45, 7) is 8.09. The number of pyridine rings is 1. The zero-order valence-electron chi connectivity index (χ0n) is 12.2. The van der Waals surface area contributed by atoms with E-state index in [2.05, 4.69) is 18.8 Å². The van der Waals surface area contributed by atoms with E-state index in [1.54, 1.807) is 18.3 Å². The summed E-state index contributed by atoms with van der Waals surface area (Å²) < 4.78 is 0. The Labute approximate surface area is 130 Å². The van der Waals surface area contributed by atoms with Crippen molar-refractivity contribution in [3.8, 4) is 0 Å². The molecule has 2 heterocycles. The number of carbonyl (C=O) groups is 1. The SMILES string of the molecule is CC1CC(C)CN(C(=O)C(C)Sc2ncccc2Cl)C1. The van der Waals surface area contributed by atoms with Gasteiger partial charge in [0, 0.05) is 19.3 Å². The van der Waals surface area contributed by atoms with Crippen molar-refractivity contribution in [1.82, 2.24) is 9.88 Å². The first-order valence-corrected chi connectivity index (χ1v) is 8.29. The quantitative estimate of drug-likeness (QED) is 0.798. The van der Waals surface area contributed by atoms with E-state index in [1.165, 1.54) is 18.2 Å². The van der Waals surface area contributed by atoms with Crippen LogP contribution >= 0.6 is 23.4 Å². The van der Waals surface area contributed by atoms with Crippen molar-refractivity contribution in [1.29, 1.82) is 0 Å². The molecule has 3 atom stereocenters. The average Bonchev–Trinajstić information content (AvgIpc) is 2.39. The lowest BCUT2D eigenvalue weighted by atomic mass is 9.92. The molecule has 0 saturated carbocycles. The topological polar surface area (TPSA) is 33.2 Å². The summed E-state index contributed by atoms with van der Waals surface area (Å²) >= 11 is 7.54. The molecule has 1 aromatic heterocycles. The van der Waals surface area contributed by atoms with Crippen molar-refractivity contribution in [2.45, 2.75) is 37.5 Å². The maximum absolute atomic E-state index is 12.5. The van der Waals surface area contributed by atoms with Crippen LogP contribution in [0.3, 0.4) is 0 Å². The summed E-state index contributed by atoms with van der Waals surface area (Å²) in [4.78, 5) is 18.8. The van der Waals surface area contributed by atoms with E-state index in [1.807, 2.05) is 11.8 Å². The second-order valence-electron chi connectivity index (χ2n) is 5.74. The van der Waals surface area contributed by atoms with Crippen LogP contribution in [0.4, 0.5) is 0 Å². The smallest absolute Gasteiger partial charge is 0.235 e. The van der Waals surface area contributed by atoms with E-state index in [4.69, 9.17) is 11.6 Å². The van der Waals surface area contributed by atoms with Crippen molar-refractivity contribution >= 4 is 29.3 Å².